The van der Waals surface area contributed by atoms with Crippen molar-refractivity contribution in [1.29, 1.82) is 10.5 Å². The highest BCUT2D eigenvalue weighted by Crippen LogP contribution is 2.14. The highest BCUT2D eigenvalue weighted by Gasteiger charge is 2.22. The van der Waals surface area contributed by atoms with Crippen molar-refractivity contribution in [2.45, 2.75) is 6.42 Å². The summed E-state index contributed by atoms with van der Waals surface area (Å²) in [6, 6.07) is 8.96. The van der Waals surface area contributed by atoms with E-state index in [-0.39, 0.29) is 17.6 Å². The van der Waals surface area contributed by atoms with Crippen LogP contribution in [0.25, 0.3) is 5.69 Å². The van der Waals surface area contributed by atoms with Crippen LogP contribution in [0.5, 0.6) is 0 Å². The van der Waals surface area contributed by atoms with Crippen LogP contribution in [0.2, 0.25) is 0 Å². The Balaban J connectivity index is 1.62. The summed E-state index contributed by atoms with van der Waals surface area (Å²) < 4.78 is 1.46. The van der Waals surface area contributed by atoms with Crippen LogP contribution >= 0.6 is 0 Å². The zero-order valence-corrected chi connectivity index (χ0v) is 12.9. The number of nitrogens with zero attached hydrogens (tertiary/aromatic N) is 6. The van der Waals surface area contributed by atoms with Crippen LogP contribution in [0.15, 0.2) is 30.6 Å². The summed E-state index contributed by atoms with van der Waals surface area (Å²) in [6.07, 6.45) is 4.44. The van der Waals surface area contributed by atoms with Crippen LogP contribution in [-0.4, -0.2) is 45.2 Å². The van der Waals surface area contributed by atoms with Crippen molar-refractivity contribution in [3.63, 3.8) is 0 Å². The summed E-state index contributed by atoms with van der Waals surface area (Å²) in [5.74, 6) is -0.00362. The lowest BCUT2D eigenvalue weighted by Gasteiger charge is -2.09. The molecule has 0 spiro atoms. The molecule has 2 heterocycles. The maximum absolute atomic E-state index is 12.1. The van der Waals surface area contributed by atoms with E-state index in [0.717, 1.165) is 13.0 Å². The molecule has 0 saturated carbocycles. The normalized spacial score (nSPS) is 16.4. The molecule has 1 aromatic heterocycles. The summed E-state index contributed by atoms with van der Waals surface area (Å²) in [6.45, 7) is 1.90. The van der Waals surface area contributed by atoms with Gasteiger partial charge in [0.25, 0.3) is 5.91 Å². The standard InChI is InChI=1S/C16H15N7O/c17-7-12-2-1-3-14(6-12)23-11-20-15(21-23)16(24)19-8-13-4-5-22(9-13)10-18/h1-3,6,11,13H,4-5,8-9H2,(H,19,24)/t13-/m0/s1. The minimum Gasteiger partial charge on any atom is -0.349 e. The molecule has 3 rings (SSSR count). The first-order chi connectivity index (χ1) is 11.7. The second-order valence-electron chi connectivity index (χ2n) is 5.59. The number of hydrogen-bond acceptors (Lipinski definition) is 6. The van der Waals surface area contributed by atoms with Gasteiger partial charge < -0.3 is 10.2 Å². The van der Waals surface area contributed by atoms with Gasteiger partial charge in [0.05, 0.1) is 17.3 Å². The maximum atomic E-state index is 12.1. The average molecular weight is 321 g/mol. The lowest BCUT2D eigenvalue weighted by Crippen LogP contribution is -2.31. The number of carbonyl (C=O) groups excluding carboxylic acids is 1. The van der Waals surface area contributed by atoms with Gasteiger partial charge in [-0.2, -0.15) is 10.5 Å². The molecule has 0 aliphatic carbocycles. The predicted molar refractivity (Wildman–Crippen MR) is 83.7 cm³/mol. The van der Waals surface area contributed by atoms with Crippen molar-refractivity contribution < 1.29 is 4.79 Å². The zero-order chi connectivity index (χ0) is 16.9. The van der Waals surface area contributed by atoms with Gasteiger partial charge >= 0.3 is 0 Å². The number of benzene rings is 1. The number of hydrogen-bond donors (Lipinski definition) is 1. The van der Waals surface area contributed by atoms with Gasteiger partial charge in [-0.15, -0.1) is 5.10 Å². The molecule has 1 atom stereocenters. The molecular weight excluding hydrogens is 306 g/mol. The average Bonchev–Trinajstić information content (AvgIpc) is 3.29. The maximum Gasteiger partial charge on any atom is 0.290 e. The van der Waals surface area contributed by atoms with Gasteiger partial charge in [-0.05, 0) is 30.5 Å². The third kappa shape index (κ3) is 3.33. The lowest BCUT2D eigenvalue weighted by molar-refractivity contribution is 0.0937. The van der Waals surface area contributed by atoms with Crippen LogP contribution in [-0.2, 0) is 0 Å². The quantitative estimate of drug-likeness (QED) is 0.829. The summed E-state index contributed by atoms with van der Waals surface area (Å²) >= 11 is 0. The monoisotopic (exact) mass is 321 g/mol. The molecule has 1 fully saturated rings. The number of aromatic nitrogens is 3. The number of nitrogens with one attached hydrogen (secondary N) is 1. The van der Waals surface area contributed by atoms with Gasteiger partial charge in [0.15, 0.2) is 6.19 Å². The van der Waals surface area contributed by atoms with Gasteiger partial charge in [0, 0.05) is 19.6 Å². The molecule has 0 radical (unpaired) electrons. The number of nitriles is 2. The fraction of sp³-hybridized carbons (Fsp3) is 0.312. The minimum atomic E-state index is -0.347. The van der Waals surface area contributed by atoms with Crippen molar-refractivity contribution in [3.8, 4) is 17.9 Å². The molecule has 1 aliphatic heterocycles. The highest BCUT2D eigenvalue weighted by molar-refractivity contribution is 5.90. The van der Waals surface area contributed by atoms with Crippen molar-refractivity contribution in [2.75, 3.05) is 19.6 Å². The van der Waals surface area contributed by atoms with Gasteiger partial charge in [-0.25, -0.2) is 9.67 Å². The third-order valence-corrected chi connectivity index (χ3v) is 3.91. The van der Waals surface area contributed by atoms with E-state index in [1.165, 1.54) is 11.0 Å². The smallest absolute Gasteiger partial charge is 0.290 e. The van der Waals surface area contributed by atoms with Gasteiger partial charge in [-0.1, -0.05) is 6.07 Å². The van der Waals surface area contributed by atoms with Gasteiger partial charge in [0.2, 0.25) is 5.82 Å². The lowest BCUT2D eigenvalue weighted by atomic mass is 10.1. The topological polar surface area (TPSA) is 111 Å². The van der Waals surface area contributed by atoms with Crippen LogP contribution in [0.1, 0.15) is 22.6 Å². The zero-order valence-electron chi connectivity index (χ0n) is 12.9. The Morgan fingerprint density at radius 1 is 1.42 bits per heavy atom. The Morgan fingerprint density at radius 3 is 3.04 bits per heavy atom. The van der Waals surface area contributed by atoms with Crippen molar-refractivity contribution in [3.05, 3.63) is 42.0 Å². The molecular formula is C16H15N7O. The fourth-order valence-corrected chi connectivity index (χ4v) is 2.62. The molecule has 24 heavy (non-hydrogen) atoms. The minimum absolute atomic E-state index is 0.0764. The van der Waals surface area contributed by atoms with Crippen molar-refractivity contribution in [1.82, 2.24) is 25.0 Å². The molecule has 1 saturated heterocycles. The summed E-state index contributed by atoms with van der Waals surface area (Å²) in [7, 11) is 0. The molecule has 1 N–H and O–H groups in total. The Hall–Kier alpha value is -3.39. The third-order valence-electron chi connectivity index (χ3n) is 3.91. The van der Waals surface area contributed by atoms with Crippen LogP contribution in [0.3, 0.4) is 0 Å². The summed E-state index contributed by atoms with van der Waals surface area (Å²) in [5, 5.41) is 24.7. The number of likely N-dealkylation sites (tertiary alicyclic amines) is 1. The molecule has 8 nitrogen and oxygen atoms in total. The summed E-state index contributed by atoms with van der Waals surface area (Å²) in [4.78, 5) is 17.8. The molecule has 1 aromatic carbocycles. The molecule has 0 unspecified atom stereocenters. The first-order valence-corrected chi connectivity index (χ1v) is 7.54. The molecule has 120 valence electrons. The molecule has 8 heteroatoms. The largest absolute Gasteiger partial charge is 0.349 e. The van der Waals surface area contributed by atoms with Crippen LogP contribution < -0.4 is 5.32 Å². The first kappa shape index (κ1) is 15.5. The highest BCUT2D eigenvalue weighted by atomic mass is 16.2. The fourth-order valence-electron chi connectivity index (χ4n) is 2.62. The van der Waals surface area contributed by atoms with E-state index in [9.17, 15) is 4.79 Å². The molecule has 1 amide bonds. The SMILES string of the molecule is N#Cc1cccc(-n2cnc(C(=O)NC[C@@H]3CCN(C#N)C3)n2)c1. The second kappa shape index (κ2) is 6.80. The van der Waals surface area contributed by atoms with E-state index in [1.54, 1.807) is 29.2 Å². The number of rotatable bonds is 4. The van der Waals surface area contributed by atoms with E-state index in [4.69, 9.17) is 10.5 Å². The molecule has 2 aromatic rings. The second-order valence-corrected chi connectivity index (χ2v) is 5.59. The molecule has 0 bridgehead atoms. The first-order valence-electron chi connectivity index (χ1n) is 7.54. The molecule has 1 aliphatic rings. The number of amides is 1. The number of carbonyl (C=O) groups is 1. The Labute approximate surface area is 138 Å². The summed E-state index contributed by atoms with van der Waals surface area (Å²) in [5.41, 5.74) is 1.18. The predicted octanol–water partition coefficient (Wildman–Crippen LogP) is 0.672. The van der Waals surface area contributed by atoms with E-state index >= 15 is 0 Å². The Bertz CT molecular complexity index is 829. The Morgan fingerprint density at radius 2 is 2.29 bits per heavy atom. The van der Waals surface area contributed by atoms with E-state index in [1.807, 2.05) is 0 Å². The van der Waals surface area contributed by atoms with E-state index in [2.05, 4.69) is 27.7 Å². The van der Waals surface area contributed by atoms with Gasteiger partial charge in [0.1, 0.15) is 6.33 Å². The van der Waals surface area contributed by atoms with Crippen LogP contribution in [0, 0.1) is 28.7 Å². The Kier molecular flexibility index (Phi) is 4.39. The van der Waals surface area contributed by atoms with E-state index in [0.29, 0.717) is 24.3 Å². The van der Waals surface area contributed by atoms with Gasteiger partial charge in [-0.3, -0.25) is 4.79 Å². The van der Waals surface area contributed by atoms with Crippen molar-refractivity contribution in [2.24, 2.45) is 5.92 Å². The van der Waals surface area contributed by atoms with Crippen molar-refractivity contribution >= 4 is 5.91 Å². The van der Waals surface area contributed by atoms with E-state index < -0.39 is 0 Å². The van der Waals surface area contributed by atoms with Crippen LogP contribution in [0.4, 0.5) is 0 Å².